The first-order chi connectivity index (χ1) is 14.8. The summed E-state index contributed by atoms with van der Waals surface area (Å²) in [6, 6.07) is 11.3. The first kappa shape index (κ1) is 22.4. The van der Waals surface area contributed by atoms with E-state index >= 15 is 0 Å². The number of hydrogen-bond acceptors (Lipinski definition) is 3. The molecule has 1 aromatic heterocycles. The summed E-state index contributed by atoms with van der Waals surface area (Å²) in [5, 5.41) is 3.68. The summed E-state index contributed by atoms with van der Waals surface area (Å²) in [4.78, 5) is 28.6. The van der Waals surface area contributed by atoms with Crippen LogP contribution in [0.2, 0.25) is 19.4 Å². The van der Waals surface area contributed by atoms with Crippen LogP contribution in [0.25, 0.3) is 0 Å². The van der Waals surface area contributed by atoms with Crippen LogP contribution in [0.4, 0.5) is 11.4 Å². The molecule has 0 radical (unpaired) electrons. The van der Waals surface area contributed by atoms with Gasteiger partial charge < -0.3 is 10.2 Å². The number of fused-ring (bicyclic) bond motifs is 1. The fraction of sp³-hybridized carbons (Fsp3) is 0.182. The van der Waals surface area contributed by atoms with Gasteiger partial charge in [0.05, 0.1) is 31.2 Å². The number of nitrogens with one attached hydrogen (secondary N) is 1. The van der Waals surface area contributed by atoms with E-state index in [2.05, 4.69) is 5.32 Å². The molecule has 1 N–H and O–H groups in total. The Morgan fingerprint density at radius 3 is 2.39 bits per heavy atom. The molecule has 2 amide bonds. The highest BCUT2D eigenvalue weighted by molar-refractivity contribution is 7.16. The molecule has 3 aromatic rings. The predicted molar refractivity (Wildman–Crippen MR) is 130 cm³/mol. The van der Waals surface area contributed by atoms with Crippen molar-refractivity contribution < 1.29 is 9.59 Å². The van der Waals surface area contributed by atoms with Crippen molar-refractivity contribution in [3.63, 3.8) is 0 Å². The number of anilines is 2. The van der Waals surface area contributed by atoms with Crippen molar-refractivity contribution in [1.82, 2.24) is 0 Å². The van der Waals surface area contributed by atoms with Gasteiger partial charge in [-0.3, -0.25) is 9.59 Å². The summed E-state index contributed by atoms with van der Waals surface area (Å²) in [6.07, 6.45) is 2.81. The van der Waals surface area contributed by atoms with Crippen molar-refractivity contribution in [2.45, 2.75) is 19.3 Å². The molecule has 4 rings (SSSR count). The van der Waals surface area contributed by atoms with Crippen LogP contribution >= 0.6 is 57.7 Å². The Kier molecular flexibility index (Phi) is 6.80. The Balaban J connectivity index is 1.56. The molecular weight excluding hydrogens is 498 g/mol. The van der Waals surface area contributed by atoms with Crippen LogP contribution in [0.15, 0.2) is 42.5 Å². The lowest BCUT2D eigenvalue weighted by Gasteiger charge is -2.22. The number of rotatable bonds is 3. The van der Waals surface area contributed by atoms with Gasteiger partial charge in [0.25, 0.3) is 11.8 Å². The molecule has 0 saturated heterocycles. The first-order valence-electron chi connectivity index (χ1n) is 9.49. The lowest BCUT2D eigenvalue weighted by Crippen LogP contribution is -2.31. The van der Waals surface area contributed by atoms with Crippen LogP contribution in [0.1, 0.15) is 38.4 Å². The molecule has 160 valence electrons. The summed E-state index contributed by atoms with van der Waals surface area (Å²) in [5.41, 5.74) is 1.95. The maximum absolute atomic E-state index is 13.3. The summed E-state index contributed by atoms with van der Waals surface area (Å²) in [5.74, 6) is -0.594. The van der Waals surface area contributed by atoms with Crippen molar-refractivity contribution in [2.75, 3.05) is 16.8 Å². The van der Waals surface area contributed by atoms with Gasteiger partial charge in [-0.25, -0.2) is 0 Å². The summed E-state index contributed by atoms with van der Waals surface area (Å²) < 4.78 is 0.662. The highest BCUT2D eigenvalue weighted by Crippen LogP contribution is 2.38. The number of halogens is 4. The second-order valence-electron chi connectivity index (χ2n) is 7.05. The van der Waals surface area contributed by atoms with E-state index in [1.807, 2.05) is 6.07 Å². The maximum atomic E-state index is 13.3. The molecule has 0 aliphatic carbocycles. The largest absolute Gasteiger partial charge is 0.322 e. The number of thiophene rings is 1. The van der Waals surface area contributed by atoms with Gasteiger partial charge in [-0.2, -0.15) is 0 Å². The third-order valence-corrected chi connectivity index (χ3v) is 7.13. The number of aryl methyl sites for hydroxylation is 1. The molecule has 1 aliphatic heterocycles. The van der Waals surface area contributed by atoms with Crippen molar-refractivity contribution in [1.29, 1.82) is 0 Å². The van der Waals surface area contributed by atoms with E-state index in [1.165, 1.54) is 17.4 Å². The summed E-state index contributed by atoms with van der Waals surface area (Å²) in [7, 11) is 0. The lowest BCUT2D eigenvalue weighted by molar-refractivity contribution is 0.0986. The van der Waals surface area contributed by atoms with Gasteiger partial charge >= 0.3 is 0 Å². The molecule has 0 saturated carbocycles. The molecule has 0 unspecified atom stereocenters. The van der Waals surface area contributed by atoms with Crippen LogP contribution in [-0.2, 0) is 6.42 Å². The third-order valence-electron chi connectivity index (χ3n) is 4.96. The molecule has 2 aromatic carbocycles. The molecule has 0 spiro atoms. The SMILES string of the molecule is O=C(Nc1ccc(C(=O)N2CCCCc3sc(Cl)cc32)c(Cl)c1)c1ccc(Cl)cc1Cl. The molecule has 0 bridgehead atoms. The normalized spacial score (nSPS) is 13.5. The molecule has 4 nitrogen and oxygen atoms in total. The molecule has 0 atom stereocenters. The van der Waals surface area contributed by atoms with E-state index in [-0.39, 0.29) is 21.5 Å². The minimum absolute atomic E-state index is 0.193. The summed E-state index contributed by atoms with van der Waals surface area (Å²) >= 11 is 26.1. The zero-order valence-electron chi connectivity index (χ0n) is 16.1. The molecule has 31 heavy (non-hydrogen) atoms. The van der Waals surface area contributed by atoms with Gasteiger partial charge in [0.15, 0.2) is 0 Å². The Morgan fingerprint density at radius 1 is 0.903 bits per heavy atom. The standard InChI is InChI=1S/C22H16Cl4N2O2S/c23-12-4-6-14(16(24)9-12)21(29)27-13-5-7-15(17(25)10-13)22(30)28-8-2-1-3-19-18(28)11-20(26)31-19/h4-7,9-11H,1-3,8H2,(H,27,29). The first-order valence-corrected chi connectivity index (χ1v) is 11.8. The van der Waals surface area contributed by atoms with E-state index in [4.69, 9.17) is 46.4 Å². The molecule has 1 aliphatic rings. The van der Waals surface area contributed by atoms with Gasteiger partial charge in [-0.05, 0) is 61.7 Å². The maximum Gasteiger partial charge on any atom is 0.259 e. The topological polar surface area (TPSA) is 49.4 Å². The minimum Gasteiger partial charge on any atom is -0.322 e. The third kappa shape index (κ3) is 4.86. The van der Waals surface area contributed by atoms with Gasteiger partial charge in [0, 0.05) is 22.1 Å². The highest BCUT2D eigenvalue weighted by Gasteiger charge is 2.26. The van der Waals surface area contributed by atoms with Crippen molar-refractivity contribution >= 4 is 80.9 Å². The smallest absolute Gasteiger partial charge is 0.259 e. The number of nitrogens with zero attached hydrogens (tertiary/aromatic N) is 1. The van der Waals surface area contributed by atoms with E-state index in [0.29, 0.717) is 27.2 Å². The number of hydrogen-bond donors (Lipinski definition) is 1. The number of amides is 2. The van der Waals surface area contributed by atoms with E-state index in [9.17, 15) is 9.59 Å². The van der Waals surface area contributed by atoms with Crippen molar-refractivity contribution in [3.05, 3.63) is 77.9 Å². The van der Waals surface area contributed by atoms with Gasteiger partial charge in [0.2, 0.25) is 0 Å². The quantitative estimate of drug-likeness (QED) is 0.392. The molecular formula is C22H16Cl4N2O2S. The number of carbonyl (C=O) groups excluding carboxylic acids is 2. The fourth-order valence-corrected chi connectivity index (χ4v) is 5.53. The van der Waals surface area contributed by atoms with Crippen LogP contribution < -0.4 is 10.2 Å². The van der Waals surface area contributed by atoms with Gasteiger partial charge in [0.1, 0.15) is 0 Å². The Hall–Kier alpha value is -1.76. The van der Waals surface area contributed by atoms with Gasteiger partial charge in [-0.1, -0.05) is 46.4 Å². The van der Waals surface area contributed by atoms with Gasteiger partial charge in [-0.15, -0.1) is 11.3 Å². The Bertz CT molecular complexity index is 1180. The molecule has 9 heteroatoms. The van der Waals surface area contributed by atoms with E-state index in [1.54, 1.807) is 35.2 Å². The van der Waals surface area contributed by atoms with E-state index < -0.39 is 5.91 Å². The van der Waals surface area contributed by atoms with Crippen LogP contribution in [0.3, 0.4) is 0 Å². The number of benzene rings is 2. The molecule has 2 heterocycles. The van der Waals surface area contributed by atoms with Crippen LogP contribution in [0.5, 0.6) is 0 Å². The minimum atomic E-state index is -0.401. The highest BCUT2D eigenvalue weighted by atomic mass is 35.5. The fourth-order valence-electron chi connectivity index (χ4n) is 3.47. The second-order valence-corrected chi connectivity index (χ2v) is 10.1. The zero-order valence-corrected chi connectivity index (χ0v) is 19.9. The zero-order chi connectivity index (χ0) is 22.1. The average Bonchev–Trinajstić information content (AvgIpc) is 2.96. The monoisotopic (exact) mass is 512 g/mol. The van der Waals surface area contributed by atoms with E-state index in [0.717, 1.165) is 29.8 Å². The Morgan fingerprint density at radius 2 is 1.65 bits per heavy atom. The number of carbonyl (C=O) groups is 2. The van der Waals surface area contributed by atoms with Crippen molar-refractivity contribution in [2.24, 2.45) is 0 Å². The second kappa shape index (κ2) is 9.39. The predicted octanol–water partition coefficient (Wildman–Crippen LogP) is 7.60. The summed E-state index contributed by atoms with van der Waals surface area (Å²) in [6.45, 7) is 0.600. The van der Waals surface area contributed by atoms with Crippen molar-refractivity contribution in [3.8, 4) is 0 Å². The van der Waals surface area contributed by atoms with Crippen LogP contribution in [-0.4, -0.2) is 18.4 Å². The average molecular weight is 514 g/mol. The lowest BCUT2D eigenvalue weighted by atomic mass is 10.1. The molecule has 0 fully saturated rings. The van der Waals surface area contributed by atoms with Crippen LogP contribution in [0, 0.1) is 0 Å². The Labute approximate surface area is 203 Å².